The summed E-state index contributed by atoms with van der Waals surface area (Å²) in [6.07, 6.45) is 1.83. The number of alkyl halides is 6. The fourth-order valence-electron chi connectivity index (χ4n) is 0. The fraction of sp³-hybridized carbons (Fsp3) is 0.400. The predicted molar refractivity (Wildman–Crippen MR) is 42.6 cm³/mol. The molecule has 1 nitrogen and oxygen atoms in total. The van der Waals surface area contributed by atoms with Crippen LogP contribution in [0.4, 0.5) is 13.2 Å². The smallest absolute Gasteiger partial charge is 0.299 e. The molecule has 0 bridgehead atoms. The van der Waals surface area contributed by atoms with Gasteiger partial charge in [-0.2, -0.15) is 13.2 Å². The molecule has 0 amide bonds. The number of carbonyl (C=O) groups excluding carboxylic acids is 1. The number of carbonyl (C=O) groups is 1. The highest BCUT2D eigenvalue weighted by atomic mass is 35.5. The standard InChI is InChI=1S/C3H4O.C2Cl3F3/c1-2-3-4;3-1(4,6)2(5,7)8/h2-3H,1H2;. The van der Waals surface area contributed by atoms with E-state index in [1.165, 1.54) is 6.08 Å². The minimum Gasteiger partial charge on any atom is -0.299 e. The molecule has 0 radical (unpaired) electrons. The first-order valence-corrected chi connectivity index (χ1v) is 3.50. The molecule has 0 aliphatic rings. The van der Waals surface area contributed by atoms with Crippen LogP contribution in [0.5, 0.6) is 0 Å². The summed E-state index contributed by atoms with van der Waals surface area (Å²) in [7, 11) is 0. The topological polar surface area (TPSA) is 17.1 Å². The Morgan fingerprint density at radius 1 is 1.17 bits per heavy atom. The van der Waals surface area contributed by atoms with Crippen molar-refractivity contribution in [1.29, 1.82) is 0 Å². The normalized spacial score (nSPS) is 11.2. The van der Waals surface area contributed by atoms with Crippen LogP contribution in [0.25, 0.3) is 0 Å². The van der Waals surface area contributed by atoms with E-state index in [1.54, 1.807) is 0 Å². The lowest BCUT2D eigenvalue weighted by Gasteiger charge is -2.13. The summed E-state index contributed by atoms with van der Waals surface area (Å²) in [5.41, 5.74) is 0. The molecule has 0 saturated carbocycles. The average molecular weight is 243 g/mol. The Morgan fingerprint density at radius 3 is 1.33 bits per heavy atom. The second-order valence-corrected chi connectivity index (χ2v) is 3.08. The van der Waals surface area contributed by atoms with E-state index in [-0.39, 0.29) is 0 Å². The average Bonchev–Trinajstić information content (AvgIpc) is 1.84. The lowest BCUT2D eigenvalue weighted by atomic mass is 10.8. The maximum atomic E-state index is 11.5. The van der Waals surface area contributed by atoms with Crippen molar-refractivity contribution in [1.82, 2.24) is 0 Å². The van der Waals surface area contributed by atoms with Crippen molar-refractivity contribution in [2.75, 3.05) is 0 Å². The summed E-state index contributed by atoms with van der Waals surface area (Å²) >= 11 is 12.5. The lowest BCUT2D eigenvalue weighted by molar-refractivity contribution is -0.104. The zero-order valence-electron chi connectivity index (χ0n) is 5.54. The van der Waals surface area contributed by atoms with Crippen LogP contribution in [0.3, 0.4) is 0 Å². The largest absolute Gasteiger partial charge is 0.383 e. The summed E-state index contributed by atoms with van der Waals surface area (Å²) < 4.78 is 30.6. The molecule has 0 aromatic rings. The molecule has 72 valence electrons. The molecular formula is C5H4Cl3F3O. The van der Waals surface area contributed by atoms with Crippen LogP contribution >= 0.6 is 34.8 Å². The molecule has 0 unspecified atom stereocenters. The zero-order valence-corrected chi connectivity index (χ0v) is 7.81. The van der Waals surface area contributed by atoms with Crippen LogP contribution in [-0.2, 0) is 4.79 Å². The van der Waals surface area contributed by atoms with Gasteiger partial charge >= 0.3 is 9.97 Å². The number of hydrogen-bond donors (Lipinski definition) is 0. The molecule has 7 heteroatoms. The molecule has 0 aromatic carbocycles. The summed E-state index contributed by atoms with van der Waals surface area (Å²) in [6.45, 7) is 3.11. The molecule has 0 aromatic heterocycles. The number of aldehydes is 1. The highest BCUT2D eigenvalue weighted by Gasteiger charge is 2.51. The Labute approximate surface area is 82.1 Å². The molecular weight excluding hydrogens is 239 g/mol. The molecule has 0 atom stereocenters. The van der Waals surface area contributed by atoms with Gasteiger partial charge in [0.05, 0.1) is 0 Å². The van der Waals surface area contributed by atoms with Crippen LogP contribution in [0.15, 0.2) is 12.7 Å². The Kier molecular flexibility index (Phi) is 6.89. The number of halogens is 6. The second kappa shape index (κ2) is 5.67. The van der Waals surface area contributed by atoms with Gasteiger partial charge in [0.15, 0.2) is 0 Å². The van der Waals surface area contributed by atoms with E-state index in [9.17, 15) is 13.2 Å². The first-order valence-electron chi connectivity index (χ1n) is 2.36. The first-order chi connectivity index (χ1) is 5.16. The van der Waals surface area contributed by atoms with Gasteiger partial charge in [0, 0.05) is 0 Å². The highest BCUT2D eigenvalue weighted by molar-refractivity contribution is 6.51. The monoisotopic (exact) mass is 242 g/mol. The van der Waals surface area contributed by atoms with E-state index in [2.05, 4.69) is 41.4 Å². The van der Waals surface area contributed by atoms with Crippen LogP contribution in [0.2, 0.25) is 0 Å². The van der Waals surface area contributed by atoms with Crippen molar-refractivity contribution in [2.24, 2.45) is 0 Å². The van der Waals surface area contributed by atoms with Crippen molar-refractivity contribution in [3.8, 4) is 0 Å². The summed E-state index contributed by atoms with van der Waals surface area (Å²) in [5.74, 6) is 0. The molecule has 0 heterocycles. The molecule has 0 aliphatic heterocycles. The van der Waals surface area contributed by atoms with Crippen LogP contribution < -0.4 is 0 Å². The third-order valence-electron chi connectivity index (χ3n) is 0.418. The Hall–Kier alpha value is 0.0700. The van der Waals surface area contributed by atoms with Gasteiger partial charge in [-0.15, -0.1) is 0 Å². The van der Waals surface area contributed by atoms with E-state index in [0.29, 0.717) is 6.29 Å². The van der Waals surface area contributed by atoms with Crippen LogP contribution in [0.1, 0.15) is 0 Å². The maximum Gasteiger partial charge on any atom is 0.383 e. The number of rotatable bonds is 2. The SMILES string of the molecule is C=CC=O.FC(F)(Cl)C(F)(Cl)Cl. The molecule has 0 fully saturated rings. The molecule has 0 spiro atoms. The van der Waals surface area contributed by atoms with E-state index in [1.807, 2.05) is 0 Å². The van der Waals surface area contributed by atoms with E-state index >= 15 is 0 Å². The van der Waals surface area contributed by atoms with Gasteiger partial charge in [-0.1, -0.05) is 29.8 Å². The minimum atomic E-state index is -4.23. The number of hydrogen-bond acceptors (Lipinski definition) is 1. The maximum absolute atomic E-state index is 11.5. The lowest BCUT2D eigenvalue weighted by Crippen LogP contribution is -2.27. The van der Waals surface area contributed by atoms with Crippen LogP contribution in [-0.4, -0.2) is 16.3 Å². The summed E-state index contributed by atoms with van der Waals surface area (Å²) in [5, 5.41) is -4.23. The zero-order chi connectivity index (χ0) is 10.4. The molecule has 0 aliphatic carbocycles. The van der Waals surface area contributed by atoms with Crippen LogP contribution in [0, 0.1) is 0 Å². The first kappa shape index (κ1) is 14.6. The minimum absolute atomic E-state index is 0.639. The molecule has 0 rings (SSSR count). The Morgan fingerprint density at radius 2 is 1.33 bits per heavy atom. The predicted octanol–water partition coefficient (Wildman–Crippen LogP) is 3.29. The number of allylic oxidation sites excluding steroid dienone is 1. The summed E-state index contributed by atoms with van der Waals surface area (Å²) in [4.78, 5) is 9.06. The highest BCUT2D eigenvalue weighted by Crippen LogP contribution is 2.42. The van der Waals surface area contributed by atoms with Gasteiger partial charge in [-0.25, -0.2) is 0 Å². The van der Waals surface area contributed by atoms with Crippen molar-refractivity contribution in [3.05, 3.63) is 12.7 Å². The van der Waals surface area contributed by atoms with Gasteiger partial charge in [0.1, 0.15) is 6.29 Å². The van der Waals surface area contributed by atoms with Crippen molar-refractivity contribution in [3.63, 3.8) is 0 Å². The molecule has 12 heavy (non-hydrogen) atoms. The van der Waals surface area contributed by atoms with Crippen molar-refractivity contribution < 1.29 is 18.0 Å². The summed E-state index contributed by atoms with van der Waals surface area (Å²) in [6, 6.07) is 0. The van der Waals surface area contributed by atoms with Crippen molar-refractivity contribution in [2.45, 2.75) is 9.97 Å². The van der Waals surface area contributed by atoms with Gasteiger partial charge in [0.2, 0.25) is 0 Å². The van der Waals surface area contributed by atoms with Crippen molar-refractivity contribution >= 4 is 41.1 Å². The fourth-order valence-corrected chi connectivity index (χ4v) is 0. The van der Waals surface area contributed by atoms with Gasteiger partial charge < -0.3 is 0 Å². The molecule has 0 saturated heterocycles. The Balaban J connectivity index is 0. The third-order valence-corrected chi connectivity index (χ3v) is 1.35. The third kappa shape index (κ3) is 8.17. The van der Waals surface area contributed by atoms with Gasteiger partial charge in [-0.05, 0) is 17.7 Å². The van der Waals surface area contributed by atoms with E-state index < -0.39 is 9.97 Å². The van der Waals surface area contributed by atoms with E-state index in [4.69, 9.17) is 4.79 Å². The van der Waals surface area contributed by atoms with Gasteiger partial charge in [0.25, 0.3) is 0 Å². The van der Waals surface area contributed by atoms with E-state index in [0.717, 1.165) is 0 Å². The Bertz CT molecular complexity index is 131. The quantitative estimate of drug-likeness (QED) is 0.413. The molecule has 0 N–H and O–H groups in total. The van der Waals surface area contributed by atoms with Gasteiger partial charge in [-0.3, -0.25) is 4.79 Å². The second-order valence-electron chi connectivity index (χ2n) is 1.37.